The maximum atomic E-state index is 12.6. The number of benzene rings is 2. The molecule has 1 aliphatic carbocycles. The molecule has 0 saturated carbocycles. The first kappa shape index (κ1) is 16.3. The summed E-state index contributed by atoms with van der Waals surface area (Å²) >= 11 is 3.29. The SMILES string of the molecule is CC(=O)CC(=O)Nc1cc2c(cc1Br)C(=O)c1ccccc1C2=O. The molecule has 0 radical (unpaired) electrons. The van der Waals surface area contributed by atoms with E-state index >= 15 is 0 Å². The van der Waals surface area contributed by atoms with Gasteiger partial charge < -0.3 is 5.32 Å². The molecule has 0 aromatic heterocycles. The van der Waals surface area contributed by atoms with Gasteiger partial charge in [-0.15, -0.1) is 0 Å². The number of amides is 1. The van der Waals surface area contributed by atoms with Crippen molar-refractivity contribution >= 4 is 44.9 Å². The molecule has 0 atom stereocenters. The summed E-state index contributed by atoms with van der Waals surface area (Å²) < 4.78 is 0.471. The second kappa shape index (κ2) is 6.13. The summed E-state index contributed by atoms with van der Waals surface area (Å²) in [4.78, 5) is 48.0. The number of carbonyl (C=O) groups is 4. The van der Waals surface area contributed by atoms with Gasteiger partial charge in [-0.05, 0) is 35.0 Å². The molecule has 6 heteroatoms. The highest BCUT2D eigenvalue weighted by atomic mass is 79.9. The second-order valence-electron chi connectivity index (χ2n) is 5.51. The quantitative estimate of drug-likeness (QED) is 0.702. The van der Waals surface area contributed by atoms with Gasteiger partial charge >= 0.3 is 0 Å². The largest absolute Gasteiger partial charge is 0.325 e. The van der Waals surface area contributed by atoms with Crippen LogP contribution in [-0.4, -0.2) is 23.3 Å². The van der Waals surface area contributed by atoms with E-state index in [1.54, 1.807) is 24.3 Å². The van der Waals surface area contributed by atoms with Gasteiger partial charge in [-0.1, -0.05) is 24.3 Å². The van der Waals surface area contributed by atoms with Crippen LogP contribution < -0.4 is 5.32 Å². The van der Waals surface area contributed by atoms with E-state index in [4.69, 9.17) is 0 Å². The first-order chi connectivity index (χ1) is 11.4. The van der Waals surface area contributed by atoms with Crippen LogP contribution in [0.15, 0.2) is 40.9 Å². The zero-order valence-electron chi connectivity index (χ0n) is 12.7. The van der Waals surface area contributed by atoms with Crippen molar-refractivity contribution in [2.75, 3.05) is 5.32 Å². The van der Waals surface area contributed by atoms with Crippen LogP contribution in [0.4, 0.5) is 5.69 Å². The minimum absolute atomic E-state index is 0.234. The number of hydrogen-bond donors (Lipinski definition) is 1. The third-order valence-corrected chi connectivity index (χ3v) is 4.35. The molecule has 1 amide bonds. The molecule has 24 heavy (non-hydrogen) atoms. The van der Waals surface area contributed by atoms with Gasteiger partial charge in [0.05, 0.1) is 12.1 Å². The lowest BCUT2D eigenvalue weighted by molar-refractivity contribution is -0.124. The molecule has 0 bridgehead atoms. The standard InChI is InChI=1S/C18H12BrNO4/c1-9(21)6-16(22)20-15-8-13-12(7-14(15)19)17(23)10-4-2-3-5-11(10)18(13)24/h2-5,7-8H,6H2,1H3,(H,20,22). The molecular weight excluding hydrogens is 374 g/mol. The average Bonchev–Trinajstić information content (AvgIpc) is 2.53. The number of rotatable bonds is 3. The van der Waals surface area contributed by atoms with Crippen molar-refractivity contribution in [3.05, 3.63) is 63.1 Å². The van der Waals surface area contributed by atoms with Crippen LogP contribution in [-0.2, 0) is 9.59 Å². The lowest BCUT2D eigenvalue weighted by atomic mass is 9.84. The second-order valence-corrected chi connectivity index (χ2v) is 6.36. The molecule has 120 valence electrons. The zero-order chi connectivity index (χ0) is 17.4. The molecule has 2 aromatic rings. The maximum Gasteiger partial charge on any atom is 0.231 e. The van der Waals surface area contributed by atoms with E-state index < -0.39 is 5.91 Å². The lowest BCUT2D eigenvalue weighted by Gasteiger charge is -2.19. The Morgan fingerprint density at radius 1 is 0.958 bits per heavy atom. The van der Waals surface area contributed by atoms with Crippen LogP contribution in [0.25, 0.3) is 0 Å². The summed E-state index contributed by atoms with van der Waals surface area (Å²) in [5, 5.41) is 2.58. The van der Waals surface area contributed by atoms with Crippen LogP contribution in [0.5, 0.6) is 0 Å². The highest BCUT2D eigenvalue weighted by Crippen LogP contribution is 2.33. The Balaban J connectivity index is 2.04. The zero-order valence-corrected chi connectivity index (χ0v) is 14.3. The Kier molecular flexibility index (Phi) is 4.15. The minimum Gasteiger partial charge on any atom is -0.325 e. The molecule has 1 aliphatic rings. The number of halogens is 1. The van der Waals surface area contributed by atoms with Crippen molar-refractivity contribution in [1.82, 2.24) is 0 Å². The Hall–Kier alpha value is -2.60. The van der Waals surface area contributed by atoms with Crippen LogP contribution in [0, 0.1) is 0 Å². The lowest BCUT2D eigenvalue weighted by Crippen LogP contribution is -2.22. The number of Topliss-reactive ketones (excluding diaryl/α,β-unsaturated/α-hetero) is 1. The molecule has 0 aliphatic heterocycles. The fraction of sp³-hybridized carbons (Fsp3) is 0.111. The summed E-state index contributed by atoms with van der Waals surface area (Å²) in [5.74, 6) is -1.24. The van der Waals surface area contributed by atoms with Gasteiger partial charge in [0.1, 0.15) is 5.78 Å². The molecule has 0 unspecified atom stereocenters. The maximum absolute atomic E-state index is 12.6. The van der Waals surface area contributed by atoms with Gasteiger partial charge in [0.2, 0.25) is 5.91 Å². The highest BCUT2D eigenvalue weighted by molar-refractivity contribution is 9.10. The van der Waals surface area contributed by atoms with Crippen molar-refractivity contribution < 1.29 is 19.2 Å². The Morgan fingerprint density at radius 3 is 2.04 bits per heavy atom. The Labute approximate surface area is 146 Å². The number of nitrogens with one attached hydrogen (secondary N) is 1. The summed E-state index contributed by atoms with van der Waals surface area (Å²) in [5.41, 5.74) is 1.59. The molecule has 0 spiro atoms. The van der Waals surface area contributed by atoms with Crippen LogP contribution >= 0.6 is 15.9 Å². The topological polar surface area (TPSA) is 80.3 Å². The van der Waals surface area contributed by atoms with E-state index in [2.05, 4.69) is 21.2 Å². The first-order valence-electron chi connectivity index (χ1n) is 7.19. The van der Waals surface area contributed by atoms with Crippen LogP contribution in [0.2, 0.25) is 0 Å². The fourth-order valence-electron chi connectivity index (χ4n) is 2.63. The minimum atomic E-state index is -0.474. The Morgan fingerprint density at radius 2 is 1.50 bits per heavy atom. The number of hydrogen-bond acceptors (Lipinski definition) is 4. The van der Waals surface area contributed by atoms with E-state index in [0.29, 0.717) is 21.3 Å². The van der Waals surface area contributed by atoms with Gasteiger partial charge in [-0.2, -0.15) is 0 Å². The normalized spacial score (nSPS) is 12.4. The molecule has 0 heterocycles. The highest BCUT2D eigenvalue weighted by Gasteiger charge is 2.30. The molecule has 3 rings (SSSR count). The van der Waals surface area contributed by atoms with Crippen LogP contribution in [0.1, 0.15) is 45.2 Å². The van der Waals surface area contributed by atoms with E-state index in [-0.39, 0.29) is 34.9 Å². The van der Waals surface area contributed by atoms with Crippen molar-refractivity contribution in [2.45, 2.75) is 13.3 Å². The van der Waals surface area contributed by atoms with Gasteiger partial charge in [0, 0.05) is 26.7 Å². The van der Waals surface area contributed by atoms with Crippen molar-refractivity contribution in [2.24, 2.45) is 0 Å². The number of ketones is 3. The summed E-state index contributed by atoms with van der Waals surface area (Å²) in [7, 11) is 0. The van der Waals surface area contributed by atoms with Crippen LogP contribution in [0.3, 0.4) is 0 Å². The summed E-state index contributed by atoms with van der Waals surface area (Å²) in [6.07, 6.45) is -0.251. The summed E-state index contributed by atoms with van der Waals surface area (Å²) in [6.45, 7) is 1.32. The molecule has 0 saturated heterocycles. The van der Waals surface area contributed by atoms with Gasteiger partial charge in [0.25, 0.3) is 0 Å². The van der Waals surface area contributed by atoms with E-state index in [1.165, 1.54) is 19.1 Å². The monoisotopic (exact) mass is 385 g/mol. The fourth-order valence-corrected chi connectivity index (χ4v) is 3.08. The van der Waals surface area contributed by atoms with Crippen molar-refractivity contribution in [3.63, 3.8) is 0 Å². The third-order valence-electron chi connectivity index (χ3n) is 3.70. The van der Waals surface area contributed by atoms with Gasteiger partial charge in [-0.25, -0.2) is 0 Å². The average molecular weight is 386 g/mol. The Bertz CT molecular complexity index is 917. The van der Waals surface area contributed by atoms with E-state index in [0.717, 1.165) is 0 Å². The molecule has 5 nitrogen and oxygen atoms in total. The van der Waals surface area contributed by atoms with Crippen molar-refractivity contribution in [3.8, 4) is 0 Å². The predicted octanol–water partition coefficient (Wildman–Crippen LogP) is 3.14. The molecule has 2 aromatic carbocycles. The third kappa shape index (κ3) is 2.80. The smallest absolute Gasteiger partial charge is 0.231 e. The molecular formula is C18H12BrNO4. The van der Waals surface area contributed by atoms with Crippen molar-refractivity contribution in [1.29, 1.82) is 0 Å². The number of carbonyl (C=O) groups excluding carboxylic acids is 4. The molecule has 0 fully saturated rings. The predicted molar refractivity (Wildman–Crippen MR) is 91.4 cm³/mol. The molecule has 1 N–H and O–H groups in total. The van der Waals surface area contributed by atoms with E-state index in [9.17, 15) is 19.2 Å². The number of anilines is 1. The first-order valence-corrected chi connectivity index (χ1v) is 7.99. The van der Waals surface area contributed by atoms with E-state index in [1.807, 2.05) is 0 Å². The summed E-state index contributed by atoms with van der Waals surface area (Å²) in [6, 6.07) is 9.62. The van der Waals surface area contributed by atoms with Gasteiger partial charge in [-0.3, -0.25) is 19.2 Å². The van der Waals surface area contributed by atoms with Gasteiger partial charge in [0.15, 0.2) is 11.6 Å². The number of fused-ring (bicyclic) bond motifs is 2.